The van der Waals surface area contributed by atoms with Gasteiger partial charge >= 0.3 is 0 Å². The second kappa shape index (κ2) is 11.3. The van der Waals surface area contributed by atoms with E-state index in [0.717, 1.165) is 30.4 Å². The predicted octanol–water partition coefficient (Wildman–Crippen LogP) is 4.58. The van der Waals surface area contributed by atoms with Gasteiger partial charge in [-0.1, -0.05) is 54.1 Å². The molecule has 34 heavy (non-hydrogen) atoms. The molecule has 1 amide bonds. The van der Waals surface area contributed by atoms with Crippen LogP contribution in [-0.4, -0.2) is 45.6 Å². The number of carbonyl (C=O) groups excluding carboxylic acids is 2. The molecular formula is C27H28ClNO4S. The molecule has 2 aromatic carbocycles. The first-order chi connectivity index (χ1) is 16.4. The van der Waals surface area contributed by atoms with Crippen molar-refractivity contribution in [2.45, 2.75) is 50.4 Å². The molecule has 2 N–H and O–H groups in total. The number of ketones is 1. The summed E-state index contributed by atoms with van der Waals surface area (Å²) in [6.45, 7) is 0.465. The van der Waals surface area contributed by atoms with Gasteiger partial charge in [-0.15, -0.1) is 11.3 Å². The second-order valence-corrected chi connectivity index (χ2v) is 10.1. The SMILES string of the molecule is O=C(CCc1csc(Cc2ccccc2)c1)[C@H](O)[C@@H](O)C(=O)N1CCCC1c1cccc(Cl)c1. The molecule has 2 heterocycles. The molecular weight excluding hydrogens is 470 g/mol. The summed E-state index contributed by atoms with van der Waals surface area (Å²) < 4.78 is 0. The van der Waals surface area contributed by atoms with Crippen LogP contribution in [0.25, 0.3) is 0 Å². The molecule has 3 atom stereocenters. The highest BCUT2D eigenvalue weighted by Crippen LogP contribution is 2.33. The molecule has 178 valence electrons. The number of nitrogens with zero attached hydrogens (tertiary/aromatic N) is 1. The summed E-state index contributed by atoms with van der Waals surface area (Å²) in [6, 6.07) is 19.3. The molecule has 0 spiro atoms. The van der Waals surface area contributed by atoms with Crippen LogP contribution in [0.2, 0.25) is 5.02 Å². The van der Waals surface area contributed by atoms with E-state index >= 15 is 0 Å². The van der Waals surface area contributed by atoms with E-state index in [4.69, 9.17) is 11.6 Å². The predicted molar refractivity (Wildman–Crippen MR) is 134 cm³/mol. The van der Waals surface area contributed by atoms with Crippen LogP contribution in [0.3, 0.4) is 0 Å². The lowest BCUT2D eigenvalue weighted by atomic mass is 10.0. The molecule has 4 rings (SSSR count). The number of likely N-dealkylation sites (tertiary alicyclic amines) is 1. The molecule has 1 saturated heterocycles. The molecule has 1 aromatic heterocycles. The van der Waals surface area contributed by atoms with Crippen molar-refractivity contribution in [3.8, 4) is 0 Å². The van der Waals surface area contributed by atoms with Crippen LogP contribution < -0.4 is 0 Å². The Kier molecular flexibility index (Phi) is 8.16. The lowest BCUT2D eigenvalue weighted by molar-refractivity contribution is -0.153. The highest BCUT2D eigenvalue weighted by atomic mass is 35.5. The topological polar surface area (TPSA) is 77.8 Å². The first kappa shape index (κ1) is 24.6. The number of carbonyl (C=O) groups is 2. The van der Waals surface area contributed by atoms with Crippen molar-refractivity contribution >= 4 is 34.6 Å². The van der Waals surface area contributed by atoms with Gasteiger partial charge in [-0.2, -0.15) is 0 Å². The van der Waals surface area contributed by atoms with E-state index in [0.29, 0.717) is 18.0 Å². The third kappa shape index (κ3) is 5.94. The smallest absolute Gasteiger partial charge is 0.255 e. The van der Waals surface area contributed by atoms with Crippen LogP contribution in [0.1, 0.15) is 46.9 Å². The van der Waals surface area contributed by atoms with Gasteiger partial charge in [-0.3, -0.25) is 9.59 Å². The summed E-state index contributed by atoms with van der Waals surface area (Å²) in [4.78, 5) is 28.3. The molecule has 3 aromatic rings. The van der Waals surface area contributed by atoms with Crippen molar-refractivity contribution in [1.82, 2.24) is 4.90 Å². The van der Waals surface area contributed by atoms with E-state index in [1.807, 2.05) is 35.7 Å². The van der Waals surface area contributed by atoms with Gasteiger partial charge in [0.05, 0.1) is 6.04 Å². The Morgan fingerprint density at radius 3 is 2.59 bits per heavy atom. The lowest BCUT2D eigenvalue weighted by Gasteiger charge is -2.28. The quantitative estimate of drug-likeness (QED) is 0.453. The van der Waals surface area contributed by atoms with Gasteiger partial charge in [0.2, 0.25) is 0 Å². The maximum Gasteiger partial charge on any atom is 0.255 e. The average molecular weight is 498 g/mol. The number of aliphatic hydroxyl groups excluding tert-OH is 2. The zero-order chi connectivity index (χ0) is 24.1. The van der Waals surface area contributed by atoms with E-state index in [1.165, 1.54) is 10.4 Å². The van der Waals surface area contributed by atoms with Gasteiger partial charge in [-0.05, 0) is 59.5 Å². The van der Waals surface area contributed by atoms with Crippen molar-refractivity contribution < 1.29 is 19.8 Å². The van der Waals surface area contributed by atoms with Crippen LogP contribution in [-0.2, 0) is 22.4 Å². The van der Waals surface area contributed by atoms with E-state index in [1.54, 1.807) is 28.4 Å². The van der Waals surface area contributed by atoms with Gasteiger partial charge in [-0.25, -0.2) is 0 Å². The number of aliphatic hydroxyl groups is 2. The summed E-state index contributed by atoms with van der Waals surface area (Å²) in [5, 5.41) is 23.5. The molecule has 1 aliphatic heterocycles. The van der Waals surface area contributed by atoms with E-state index in [-0.39, 0.29) is 12.5 Å². The summed E-state index contributed by atoms with van der Waals surface area (Å²) in [7, 11) is 0. The van der Waals surface area contributed by atoms with Crippen molar-refractivity contribution in [2.75, 3.05) is 6.54 Å². The van der Waals surface area contributed by atoms with Crippen LogP contribution in [0.4, 0.5) is 0 Å². The lowest BCUT2D eigenvalue weighted by Crippen LogP contribution is -2.47. The normalized spacial score (nSPS) is 17.5. The van der Waals surface area contributed by atoms with Crippen molar-refractivity contribution in [2.24, 2.45) is 0 Å². The zero-order valence-corrected chi connectivity index (χ0v) is 20.3. The number of Topliss-reactive ketones (excluding diaryl/α,β-unsaturated/α-hetero) is 1. The second-order valence-electron chi connectivity index (χ2n) is 8.68. The highest BCUT2D eigenvalue weighted by Gasteiger charge is 2.38. The molecule has 7 heteroatoms. The Morgan fingerprint density at radius 2 is 1.82 bits per heavy atom. The Bertz CT molecular complexity index is 1130. The van der Waals surface area contributed by atoms with E-state index < -0.39 is 23.9 Å². The highest BCUT2D eigenvalue weighted by molar-refractivity contribution is 7.10. The number of thiophene rings is 1. The number of rotatable bonds is 9. The zero-order valence-electron chi connectivity index (χ0n) is 18.8. The fraction of sp³-hybridized carbons (Fsp3) is 0.333. The fourth-order valence-corrected chi connectivity index (χ4v) is 5.59. The summed E-state index contributed by atoms with van der Waals surface area (Å²) in [5.74, 6) is -1.15. The maximum absolute atomic E-state index is 12.9. The first-order valence-electron chi connectivity index (χ1n) is 11.5. The number of hydrogen-bond acceptors (Lipinski definition) is 5. The number of hydrogen-bond donors (Lipinski definition) is 2. The van der Waals surface area contributed by atoms with Crippen molar-refractivity contribution in [1.29, 1.82) is 0 Å². The number of halogens is 1. The van der Waals surface area contributed by atoms with Crippen LogP contribution in [0.5, 0.6) is 0 Å². The number of benzene rings is 2. The Hall–Kier alpha value is -2.51. The average Bonchev–Trinajstić information content (AvgIpc) is 3.51. The third-order valence-corrected chi connectivity index (χ3v) is 7.46. The summed E-state index contributed by atoms with van der Waals surface area (Å²) in [6.07, 6.45) is -0.644. The Morgan fingerprint density at radius 1 is 1.03 bits per heavy atom. The number of aryl methyl sites for hydroxylation is 1. The number of amides is 1. The van der Waals surface area contributed by atoms with Crippen molar-refractivity contribution in [3.63, 3.8) is 0 Å². The molecule has 5 nitrogen and oxygen atoms in total. The monoisotopic (exact) mass is 497 g/mol. The van der Waals surface area contributed by atoms with Gasteiger partial charge in [0.1, 0.15) is 6.10 Å². The Balaban J connectivity index is 1.32. The molecule has 1 aliphatic rings. The summed E-state index contributed by atoms with van der Waals surface area (Å²) >= 11 is 7.73. The minimum atomic E-state index is -1.77. The van der Waals surface area contributed by atoms with Gasteiger partial charge in [0.15, 0.2) is 11.9 Å². The maximum atomic E-state index is 12.9. The minimum Gasteiger partial charge on any atom is -0.382 e. The third-order valence-electron chi connectivity index (χ3n) is 6.24. The molecule has 0 radical (unpaired) electrons. The van der Waals surface area contributed by atoms with Crippen LogP contribution in [0, 0.1) is 0 Å². The fourth-order valence-electron chi connectivity index (χ4n) is 4.43. The standard InChI is InChI=1S/C27H28ClNO4S/c28-21-9-4-8-20(16-21)23-10-5-13-29(23)27(33)26(32)25(31)24(30)12-11-19-15-22(34-17-19)14-18-6-2-1-3-7-18/h1-4,6-9,15-17,23,25-26,31-32H,5,10-14H2/t23?,25-,26+/m0/s1. The minimum absolute atomic E-state index is 0.0603. The first-order valence-corrected chi connectivity index (χ1v) is 12.7. The van der Waals surface area contributed by atoms with Gasteiger partial charge in [0, 0.05) is 29.3 Å². The van der Waals surface area contributed by atoms with Crippen molar-refractivity contribution in [3.05, 3.63) is 92.6 Å². The molecule has 0 bridgehead atoms. The van der Waals surface area contributed by atoms with E-state index in [9.17, 15) is 19.8 Å². The summed E-state index contributed by atoms with van der Waals surface area (Å²) in [5.41, 5.74) is 3.12. The van der Waals surface area contributed by atoms with Gasteiger partial charge < -0.3 is 15.1 Å². The van der Waals surface area contributed by atoms with Crippen LogP contribution >= 0.6 is 22.9 Å². The molecule has 1 fully saturated rings. The Labute approximate surface area is 208 Å². The molecule has 0 aliphatic carbocycles. The van der Waals surface area contributed by atoms with Gasteiger partial charge in [0.25, 0.3) is 5.91 Å². The van der Waals surface area contributed by atoms with E-state index in [2.05, 4.69) is 18.2 Å². The molecule has 0 saturated carbocycles. The molecule has 1 unspecified atom stereocenters. The van der Waals surface area contributed by atoms with Crippen LogP contribution in [0.15, 0.2) is 66.0 Å². The largest absolute Gasteiger partial charge is 0.382 e.